The Labute approximate surface area is 84.3 Å². The van der Waals surface area contributed by atoms with Gasteiger partial charge in [0.05, 0.1) is 10.5 Å². The van der Waals surface area contributed by atoms with Crippen molar-refractivity contribution in [3.63, 3.8) is 0 Å². The molecule has 0 aliphatic heterocycles. The summed E-state index contributed by atoms with van der Waals surface area (Å²) in [5, 5.41) is 2.45. The minimum Gasteiger partial charge on any atom is -0.323 e. The Balaban J connectivity index is 2.75. The molecule has 0 aliphatic rings. The number of hydrogen-bond acceptors (Lipinski definition) is 1. The lowest BCUT2D eigenvalue weighted by Crippen LogP contribution is -2.20. The quantitative estimate of drug-likeness (QED) is 0.798. The van der Waals surface area contributed by atoms with Gasteiger partial charge in [-0.05, 0) is 19.1 Å². The van der Waals surface area contributed by atoms with E-state index < -0.39 is 5.82 Å². The van der Waals surface area contributed by atoms with E-state index in [-0.39, 0.29) is 16.4 Å². The maximum absolute atomic E-state index is 13.0. The van der Waals surface area contributed by atoms with E-state index in [0.29, 0.717) is 0 Å². The number of rotatable bonds is 2. The molecule has 1 N–H and O–H groups in total. The summed E-state index contributed by atoms with van der Waals surface area (Å²) in [6.45, 7) is 1.68. The van der Waals surface area contributed by atoms with Crippen LogP contribution in [0, 0.1) is 5.82 Å². The van der Waals surface area contributed by atoms with E-state index in [4.69, 9.17) is 0 Å². The van der Waals surface area contributed by atoms with Crippen molar-refractivity contribution < 1.29 is 9.18 Å². The molecule has 0 aromatic heterocycles. The number of hydrogen-bond donors (Lipinski definition) is 1. The predicted octanol–water partition coefficient (Wildman–Crippen LogP) is 2.55. The highest BCUT2D eigenvalue weighted by Gasteiger charge is 2.10. The van der Waals surface area contributed by atoms with Gasteiger partial charge in [0, 0.05) is 0 Å². The first kappa shape index (κ1) is 10.2. The molecule has 70 valence electrons. The van der Waals surface area contributed by atoms with Gasteiger partial charge in [0.25, 0.3) is 0 Å². The van der Waals surface area contributed by atoms with Crippen molar-refractivity contribution >= 4 is 27.5 Å². The van der Waals surface area contributed by atoms with Crippen LogP contribution in [-0.4, -0.2) is 10.7 Å². The molecule has 1 atom stereocenters. The summed E-state index contributed by atoms with van der Waals surface area (Å²) >= 11 is 3.09. The van der Waals surface area contributed by atoms with Gasteiger partial charge in [-0.25, -0.2) is 4.39 Å². The van der Waals surface area contributed by atoms with Gasteiger partial charge in [-0.15, -0.1) is 0 Å². The monoisotopic (exact) mass is 245 g/mol. The fourth-order valence-corrected chi connectivity index (χ4v) is 0.909. The maximum Gasteiger partial charge on any atom is 0.237 e. The average Bonchev–Trinajstić information content (AvgIpc) is 2.08. The molecule has 1 aromatic rings. The summed E-state index contributed by atoms with van der Waals surface area (Å²) < 4.78 is 13.0. The number of alkyl halides is 1. The van der Waals surface area contributed by atoms with Gasteiger partial charge in [-0.2, -0.15) is 0 Å². The van der Waals surface area contributed by atoms with Gasteiger partial charge in [-0.3, -0.25) is 4.79 Å². The zero-order valence-corrected chi connectivity index (χ0v) is 8.64. The molecule has 0 radical (unpaired) electrons. The van der Waals surface area contributed by atoms with E-state index in [1.165, 1.54) is 12.1 Å². The van der Waals surface area contributed by atoms with Crippen molar-refractivity contribution in [2.45, 2.75) is 11.8 Å². The van der Waals surface area contributed by atoms with Gasteiger partial charge >= 0.3 is 0 Å². The highest BCUT2D eigenvalue weighted by molar-refractivity contribution is 9.10. The molecule has 1 amide bonds. The molecule has 1 aromatic carbocycles. The maximum atomic E-state index is 13.0. The van der Waals surface area contributed by atoms with Crippen LogP contribution in [0.4, 0.5) is 10.1 Å². The SMILES string of the molecule is C[C@H](Br)C(=O)Nc1ccccc1F. The Morgan fingerprint density at radius 2 is 2.15 bits per heavy atom. The van der Waals surface area contributed by atoms with Crippen molar-refractivity contribution in [2.75, 3.05) is 5.32 Å². The summed E-state index contributed by atoms with van der Waals surface area (Å²) in [6.07, 6.45) is 0. The lowest BCUT2D eigenvalue weighted by Gasteiger charge is -2.06. The van der Waals surface area contributed by atoms with Gasteiger partial charge in [0.1, 0.15) is 5.82 Å². The lowest BCUT2D eigenvalue weighted by atomic mass is 10.3. The molecule has 0 bridgehead atoms. The first-order chi connectivity index (χ1) is 6.11. The van der Waals surface area contributed by atoms with Crippen LogP contribution in [-0.2, 0) is 4.79 Å². The first-order valence-corrected chi connectivity index (χ1v) is 4.72. The third-order valence-electron chi connectivity index (χ3n) is 1.49. The van der Waals surface area contributed by atoms with Crippen LogP contribution in [0.5, 0.6) is 0 Å². The Bertz CT molecular complexity index is 314. The fraction of sp³-hybridized carbons (Fsp3) is 0.222. The standard InChI is InChI=1S/C9H9BrFNO/c1-6(10)9(13)12-8-5-3-2-4-7(8)11/h2-6H,1H3,(H,12,13)/t6-/m0/s1. The molecular weight excluding hydrogens is 237 g/mol. The Kier molecular flexibility index (Phi) is 3.42. The minimum atomic E-state index is -0.427. The number of amides is 1. The zero-order valence-electron chi connectivity index (χ0n) is 7.05. The number of benzene rings is 1. The molecule has 2 nitrogen and oxygen atoms in total. The van der Waals surface area contributed by atoms with E-state index in [0.717, 1.165) is 0 Å². The summed E-state index contributed by atoms with van der Waals surface area (Å²) in [5.41, 5.74) is 0.207. The minimum absolute atomic E-state index is 0.207. The normalized spacial score (nSPS) is 12.2. The van der Waals surface area contributed by atoms with E-state index in [1.807, 2.05) is 0 Å². The van der Waals surface area contributed by atoms with Crippen molar-refractivity contribution in [2.24, 2.45) is 0 Å². The number of nitrogens with one attached hydrogen (secondary N) is 1. The van der Waals surface area contributed by atoms with Crippen LogP contribution >= 0.6 is 15.9 Å². The van der Waals surface area contributed by atoms with Crippen molar-refractivity contribution in [1.82, 2.24) is 0 Å². The van der Waals surface area contributed by atoms with Gasteiger partial charge in [0.2, 0.25) is 5.91 Å². The molecule has 1 rings (SSSR count). The average molecular weight is 246 g/mol. The third-order valence-corrected chi connectivity index (χ3v) is 1.91. The second-order valence-electron chi connectivity index (χ2n) is 2.59. The van der Waals surface area contributed by atoms with Crippen LogP contribution in [0.25, 0.3) is 0 Å². The van der Waals surface area contributed by atoms with Gasteiger partial charge in [0.15, 0.2) is 0 Å². The highest BCUT2D eigenvalue weighted by atomic mass is 79.9. The highest BCUT2D eigenvalue weighted by Crippen LogP contribution is 2.13. The van der Waals surface area contributed by atoms with E-state index >= 15 is 0 Å². The number of halogens is 2. The smallest absolute Gasteiger partial charge is 0.237 e. The third kappa shape index (κ3) is 2.81. The summed E-state index contributed by atoms with van der Waals surface area (Å²) in [7, 11) is 0. The van der Waals surface area contributed by atoms with E-state index in [9.17, 15) is 9.18 Å². The van der Waals surface area contributed by atoms with Crippen molar-refractivity contribution in [3.05, 3.63) is 30.1 Å². The molecule has 0 aliphatic carbocycles. The number of anilines is 1. The summed E-state index contributed by atoms with van der Waals surface area (Å²) in [4.78, 5) is 10.8. The molecule has 0 saturated carbocycles. The first-order valence-electron chi connectivity index (χ1n) is 3.80. The largest absolute Gasteiger partial charge is 0.323 e. The molecule has 0 saturated heterocycles. The second kappa shape index (κ2) is 4.37. The van der Waals surface area contributed by atoms with E-state index in [1.54, 1.807) is 19.1 Å². The molecule has 13 heavy (non-hydrogen) atoms. The summed E-state index contributed by atoms with van der Waals surface area (Å²) in [5.74, 6) is -0.686. The van der Waals surface area contributed by atoms with E-state index in [2.05, 4.69) is 21.2 Å². The molecule has 4 heteroatoms. The summed E-state index contributed by atoms with van der Waals surface area (Å²) in [6, 6.07) is 6.05. The zero-order chi connectivity index (χ0) is 9.84. The number of carbonyl (C=O) groups is 1. The van der Waals surface area contributed by atoms with Crippen LogP contribution in [0.1, 0.15) is 6.92 Å². The number of carbonyl (C=O) groups excluding carboxylic acids is 1. The second-order valence-corrected chi connectivity index (χ2v) is 3.96. The van der Waals surface area contributed by atoms with Crippen molar-refractivity contribution in [1.29, 1.82) is 0 Å². The predicted molar refractivity (Wildman–Crippen MR) is 53.4 cm³/mol. The topological polar surface area (TPSA) is 29.1 Å². The lowest BCUT2D eigenvalue weighted by molar-refractivity contribution is -0.115. The molecule has 0 heterocycles. The Morgan fingerprint density at radius 3 is 2.69 bits per heavy atom. The Hall–Kier alpha value is -0.900. The van der Waals surface area contributed by atoms with Crippen LogP contribution in [0.3, 0.4) is 0 Å². The van der Waals surface area contributed by atoms with Gasteiger partial charge < -0.3 is 5.32 Å². The van der Waals surface area contributed by atoms with Crippen LogP contribution in [0.2, 0.25) is 0 Å². The van der Waals surface area contributed by atoms with Crippen LogP contribution < -0.4 is 5.32 Å². The van der Waals surface area contributed by atoms with Crippen molar-refractivity contribution in [3.8, 4) is 0 Å². The molecule has 0 fully saturated rings. The van der Waals surface area contributed by atoms with Crippen LogP contribution in [0.15, 0.2) is 24.3 Å². The molecular formula is C9H9BrFNO. The molecule has 0 unspecified atom stereocenters. The van der Waals surface area contributed by atoms with Gasteiger partial charge in [-0.1, -0.05) is 28.1 Å². The molecule has 0 spiro atoms. The fourth-order valence-electron chi connectivity index (χ4n) is 0.795. The number of para-hydroxylation sites is 1. The Morgan fingerprint density at radius 1 is 1.54 bits per heavy atom.